The third-order valence-electron chi connectivity index (χ3n) is 1.95. The van der Waals surface area contributed by atoms with Crippen LogP contribution in [0.5, 0.6) is 0 Å². The van der Waals surface area contributed by atoms with Crippen LogP contribution in [-0.4, -0.2) is 43.3 Å². The summed E-state index contributed by atoms with van der Waals surface area (Å²) >= 11 is 0. The number of nitrogens with zero attached hydrogens (tertiary/aromatic N) is 1. The highest BCUT2D eigenvalue weighted by Gasteiger charge is 2.01. The topological polar surface area (TPSA) is 52.6 Å². The highest BCUT2D eigenvalue weighted by molar-refractivity contribution is 5.64. The molecule has 0 spiro atoms. The Bertz CT molecular complexity index is 137. The molecule has 2 N–H and O–H groups in total. The Balaban J connectivity index is 0. The van der Waals surface area contributed by atoms with Crippen LogP contribution in [0.25, 0.3) is 0 Å². The lowest BCUT2D eigenvalue weighted by Gasteiger charge is -2.10. The first-order valence-corrected chi connectivity index (χ1v) is 5.68. The van der Waals surface area contributed by atoms with Crippen molar-refractivity contribution in [3.8, 4) is 0 Å². The summed E-state index contributed by atoms with van der Waals surface area (Å²) in [5.74, 6) is 0. The van der Waals surface area contributed by atoms with Crippen LogP contribution >= 0.6 is 0 Å². The van der Waals surface area contributed by atoms with Crippen molar-refractivity contribution in [2.24, 2.45) is 0 Å². The molecular formula is C11H26N2O2. The first-order valence-electron chi connectivity index (χ1n) is 5.68. The number of nitrogens with one attached hydrogen (secondary N) is 1. The minimum Gasteiger partial charge on any atom is -0.465 e. The minimum atomic E-state index is -0.844. The van der Waals surface area contributed by atoms with Gasteiger partial charge in [0.15, 0.2) is 0 Å². The fourth-order valence-corrected chi connectivity index (χ4v) is 0.844. The number of hydrogen-bond donors (Lipinski definition) is 2. The number of amides is 1. The van der Waals surface area contributed by atoms with Crippen LogP contribution in [0.3, 0.4) is 0 Å². The van der Waals surface area contributed by atoms with Crippen molar-refractivity contribution in [2.75, 3.05) is 27.2 Å². The van der Waals surface area contributed by atoms with Crippen molar-refractivity contribution in [2.45, 2.75) is 39.5 Å². The molecule has 0 aromatic heterocycles. The van der Waals surface area contributed by atoms with Gasteiger partial charge in [-0.05, 0) is 26.4 Å². The summed E-state index contributed by atoms with van der Waals surface area (Å²) in [4.78, 5) is 11.4. The van der Waals surface area contributed by atoms with E-state index in [0.717, 1.165) is 19.4 Å². The van der Waals surface area contributed by atoms with Gasteiger partial charge in [-0.2, -0.15) is 0 Å². The van der Waals surface area contributed by atoms with Crippen molar-refractivity contribution in [3.63, 3.8) is 0 Å². The van der Waals surface area contributed by atoms with Gasteiger partial charge in [-0.25, -0.2) is 4.79 Å². The van der Waals surface area contributed by atoms with Gasteiger partial charge in [0.25, 0.3) is 0 Å². The Morgan fingerprint density at radius 3 is 2.07 bits per heavy atom. The first kappa shape index (κ1) is 16.7. The highest BCUT2D eigenvalue weighted by atomic mass is 16.4. The van der Waals surface area contributed by atoms with Crippen LogP contribution in [0.4, 0.5) is 4.79 Å². The van der Waals surface area contributed by atoms with E-state index in [4.69, 9.17) is 5.11 Å². The molecule has 0 bridgehead atoms. The van der Waals surface area contributed by atoms with Gasteiger partial charge in [0.2, 0.25) is 0 Å². The van der Waals surface area contributed by atoms with Gasteiger partial charge in [0, 0.05) is 13.6 Å². The summed E-state index contributed by atoms with van der Waals surface area (Å²) in [6.45, 7) is 6.04. The number of rotatable bonds is 6. The van der Waals surface area contributed by atoms with Gasteiger partial charge in [-0.3, -0.25) is 0 Å². The van der Waals surface area contributed by atoms with E-state index in [2.05, 4.69) is 12.2 Å². The predicted molar refractivity (Wildman–Crippen MR) is 64.4 cm³/mol. The standard InChI is InChI=1S/C6H13NO2.C5H13N/c1-3-4-5-7(2)6(8)9;1-3-4-5-6-2/h3-5H2,1-2H3,(H,8,9);6H,3-5H2,1-2H3. The molecule has 0 saturated carbocycles. The average Bonchev–Trinajstić information content (AvgIpc) is 2.23. The molecule has 0 aromatic rings. The van der Waals surface area contributed by atoms with Crippen LogP contribution in [0, 0.1) is 0 Å². The lowest BCUT2D eigenvalue weighted by Crippen LogP contribution is -2.25. The maximum atomic E-state index is 10.1. The summed E-state index contributed by atoms with van der Waals surface area (Å²) in [6, 6.07) is 0. The largest absolute Gasteiger partial charge is 0.465 e. The van der Waals surface area contributed by atoms with Gasteiger partial charge in [-0.1, -0.05) is 26.7 Å². The summed E-state index contributed by atoms with van der Waals surface area (Å²) in [5.41, 5.74) is 0. The molecular weight excluding hydrogens is 192 g/mol. The summed E-state index contributed by atoms with van der Waals surface area (Å²) in [5, 5.41) is 11.4. The van der Waals surface area contributed by atoms with E-state index in [0.29, 0.717) is 6.54 Å². The third kappa shape index (κ3) is 15.9. The van der Waals surface area contributed by atoms with E-state index in [9.17, 15) is 4.79 Å². The van der Waals surface area contributed by atoms with E-state index >= 15 is 0 Å². The lowest BCUT2D eigenvalue weighted by atomic mass is 10.3. The molecule has 0 atom stereocenters. The molecule has 0 radical (unpaired) electrons. The van der Waals surface area contributed by atoms with E-state index < -0.39 is 6.09 Å². The first-order chi connectivity index (χ1) is 7.09. The fourth-order valence-electron chi connectivity index (χ4n) is 0.844. The zero-order valence-corrected chi connectivity index (χ0v) is 10.5. The predicted octanol–water partition coefficient (Wildman–Crippen LogP) is 2.40. The smallest absolute Gasteiger partial charge is 0.407 e. The monoisotopic (exact) mass is 218 g/mol. The van der Waals surface area contributed by atoms with Gasteiger partial charge in [0.1, 0.15) is 0 Å². The van der Waals surface area contributed by atoms with Crippen molar-refractivity contribution in [1.82, 2.24) is 10.2 Å². The normalized spacial score (nSPS) is 9.07. The molecule has 0 fully saturated rings. The van der Waals surface area contributed by atoms with Crippen molar-refractivity contribution < 1.29 is 9.90 Å². The van der Waals surface area contributed by atoms with Gasteiger partial charge in [0.05, 0.1) is 0 Å². The van der Waals surface area contributed by atoms with Crippen LogP contribution < -0.4 is 5.32 Å². The average molecular weight is 218 g/mol. The molecule has 0 aliphatic carbocycles. The van der Waals surface area contributed by atoms with Crippen LogP contribution in [0.15, 0.2) is 0 Å². The molecule has 0 saturated heterocycles. The minimum absolute atomic E-state index is 0.645. The van der Waals surface area contributed by atoms with Gasteiger partial charge >= 0.3 is 6.09 Å². The Hall–Kier alpha value is -0.770. The zero-order valence-electron chi connectivity index (χ0n) is 10.5. The quantitative estimate of drug-likeness (QED) is 0.673. The fraction of sp³-hybridized carbons (Fsp3) is 0.909. The second-order valence-corrected chi connectivity index (χ2v) is 3.51. The molecule has 0 unspecified atom stereocenters. The Morgan fingerprint density at radius 1 is 1.27 bits per heavy atom. The highest BCUT2D eigenvalue weighted by Crippen LogP contribution is 1.90. The maximum absolute atomic E-state index is 10.1. The van der Waals surface area contributed by atoms with Gasteiger partial charge in [-0.15, -0.1) is 0 Å². The Morgan fingerprint density at radius 2 is 1.80 bits per heavy atom. The second kappa shape index (κ2) is 13.2. The molecule has 0 rings (SSSR count). The van der Waals surface area contributed by atoms with Crippen LogP contribution in [0.2, 0.25) is 0 Å². The Kier molecular flexibility index (Phi) is 14.7. The summed E-state index contributed by atoms with van der Waals surface area (Å²) in [7, 11) is 3.56. The van der Waals surface area contributed by atoms with E-state index in [1.165, 1.54) is 17.7 Å². The molecule has 0 aliphatic heterocycles. The number of unbranched alkanes of at least 4 members (excludes halogenated alkanes) is 2. The van der Waals surface area contributed by atoms with Crippen LogP contribution in [0.1, 0.15) is 39.5 Å². The zero-order chi connectivity index (χ0) is 12.1. The van der Waals surface area contributed by atoms with E-state index in [1.807, 2.05) is 14.0 Å². The Labute approximate surface area is 93.7 Å². The van der Waals surface area contributed by atoms with Crippen molar-refractivity contribution in [1.29, 1.82) is 0 Å². The van der Waals surface area contributed by atoms with Crippen molar-refractivity contribution in [3.05, 3.63) is 0 Å². The molecule has 4 heteroatoms. The number of carboxylic acid groups (broad SMARTS) is 1. The molecule has 0 heterocycles. The molecule has 1 amide bonds. The molecule has 92 valence electrons. The van der Waals surface area contributed by atoms with Crippen molar-refractivity contribution >= 4 is 6.09 Å². The second-order valence-electron chi connectivity index (χ2n) is 3.51. The summed E-state index contributed by atoms with van der Waals surface area (Å²) in [6.07, 6.45) is 3.74. The number of carbonyl (C=O) groups is 1. The summed E-state index contributed by atoms with van der Waals surface area (Å²) < 4.78 is 0. The SMILES string of the molecule is CCCCN(C)C(=O)O.CCCCNC. The molecule has 4 nitrogen and oxygen atoms in total. The van der Waals surface area contributed by atoms with Crippen LogP contribution in [-0.2, 0) is 0 Å². The molecule has 0 aliphatic rings. The van der Waals surface area contributed by atoms with E-state index in [1.54, 1.807) is 7.05 Å². The maximum Gasteiger partial charge on any atom is 0.407 e. The molecule has 0 aromatic carbocycles. The van der Waals surface area contributed by atoms with E-state index in [-0.39, 0.29) is 0 Å². The lowest BCUT2D eigenvalue weighted by molar-refractivity contribution is 0.155. The molecule has 15 heavy (non-hydrogen) atoms. The third-order valence-corrected chi connectivity index (χ3v) is 1.95. The van der Waals surface area contributed by atoms with Gasteiger partial charge < -0.3 is 15.3 Å². The number of hydrogen-bond acceptors (Lipinski definition) is 2.